The summed E-state index contributed by atoms with van der Waals surface area (Å²) in [5, 5.41) is 0. The molecule has 0 radical (unpaired) electrons. The highest BCUT2D eigenvalue weighted by atomic mass is 16.7. The van der Waals surface area contributed by atoms with Crippen LogP contribution in [0.4, 0.5) is 0 Å². The van der Waals surface area contributed by atoms with Gasteiger partial charge in [0.15, 0.2) is 12.6 Å². The average Bonchev–Trinajstić information content (AvgIpc) is 3.41. The summed E-state index contributed by atoms with van der Waals surface area (Å²) in [5.74, 6) is -0.283. The number of benzene rings is 2. The van der Waals surface area contributed by atoms with Gasteiger partial charge in [-0.3, -0.25) is 14.4 Å². The van der Waals surface area contributed by atoms with Crippen molar-refractivity contribution in [2.24, 2.45) is 11.7 Å². The molecule has 0 bridgehead atoms. The molecule has 1 amide bonds. The van der Waals surface area contributed by atoms with Crippen LogP contribution in [-0.4, -0.2) is 75.0 Å². The summed E-state index contributed by atoms with van der Waals surface area (Å²) in [6.07, 6.45) is 8.26. The van der Waals surface area contributed by atoms with Crippen LogP contribution in [-0.2, 0) is 33.3 Å². The molecule has 2 aliphatic heterocycles. The predicted molar refractivity (Wildman–Crippen MR) is 179 cm³/mol. The van der Waals surface area contributed by atoms with E-state index in [1.165, 1.54) is 24.3 Å². The van der Waals surface area contributed by atoms with Crippen molar-refractivity contribution in [3.8, 4) is 11.5 Å². The number of Topliss-reactive ketones (excluding diaryl/α,β-unsaturated/α-hetero) is 1. The lowest BCUT2D eigenvalue weighted by Gasteiger charge is -2.32. The topological polar surface area (TPSA) is 142 Å². The summed E-state index contributed by atoms with van der Waals surface area (Å²) in [5.41, 5.74) is 8.68. The third-order valence-electron chi connectivity index (χ3n) is 8.65. The van der Waals surface area contributed by atoms with Gasteiger partial charge in [-0.15, -0.1) is 5.73 Å². The summed E-state index contributed by atoms with van der Waals surface area (Å²) in [7, 11) is 0. The number of hydrogen-bond donors (Lipinski definition) is 1. The lowest BCUT2D eigenvalue weighted by atomic mass is 10.00. The van der Waals surface area contributed by atoms with E-state index in [9.17, 15) is 14.4 Å². The number of rotatable bonds is 17. The molecule has 6 atom stereocenters. The van der Waals surface area contributed by atoms with Crippen LogP contribution in [0.5, 0.6) is 11.5 Å². The van der Waals surface area contributed by atoms with Crippen molar-refractivity contribution in [1.82, 2.24) is 0 Å². The van der Waals surface area contributed by atoms with Crippen LogP contribution in [0.1, 0.15) is 74.6 Å². The predicted octanol–water partition coefficient (Wildman–Crippen LogP) is 5.45. The van der Waals surface area contributed by atoms with Crippen LogP contribution in [0.15, 0.2) is 72.5 Å². The van der Waals surface area contributed by atoms with Crippen LogP contribution in [0.3, 0.4) is 0 Å². The number of ketones is 1. The second-order valence-corrected chi connectivity index (χ2v) is 12.4. The van der Waals surface area contributed by atoms with Gasteiger partial charge in [0, 0.05) is 31.6 Å². The number of para-hydroxylation sites is 1. The molecule has 2 aromatic carbocycles. The smallest absolute Gasteiger partial charge is 0.311 e. The SMILES string of the molecule is NC(=O)c1ccc(OC(=O)CCC=C=CC[C@H]2C(=O)C[C@H](OC3CCCCO3)[C@H]2OCC(COc2ccccc2)OC2CCCCO2)cc1. The van der Waals surface area contributed by atoms with E-state index in [4.69, 9.17) is 38.9 Å². The largest absolute Gasteiger partial charge is 0.491 e. The molecule has 11 nitrogen and oxygen atoms in total. The fourth-order valence-electron chi connectivity index (χ4n) is 6.04. The molecular formula is C38H47NO10. The van der Waals surface area contributed by atoms with Crippen molar-refractivity contribution >= 4 is 17.7 Å². The van der Waals surface area contributed by atoms with Crippen molar-refractivity contribution in [1.29, 1.82) is 0 Å². The zero-order chi connectivity index (χ0) is 34.3. The fraction of sp³-hybridized carbons (Fsp3) is 0.526. The van der Waals surface area contributed by atoms with Gasteiger partial charge < -0.3 is 38.9 Å². The highest BCUT2D eigenvalue weighted by Crippen LogP contribution is 2.33. The molecule has 1 aliphatic carbocycles. The van der Waals surface area contributed by atoms with Crippen LogP contribution in [0.25, 0.3) is 0 Å². The van der Waals surface area contributed by atoms with Crippen LogP contribution in [0.2, 0.25) is 0 Å². The van der Waals surface area contributed by atoms with Gasteiger partial charge in [-0.2, -0.15) is 0 Å². The molecule has 5 rings (SSSR count). The summed E-state index contributed by atoms with van der Waals surface area (Å²) in [6, 6.07) is 15.6. The van der Waals surface area contributed by atoms with Gasteiger partial charge in [0.05, 0.1) is 24.7 Å². The van der Waals surface area contributed by atoms with Crippen LogP contribution >= 0.6 is 0 Å². The Kier molecular flexibility index (Phi) is 14.4. The molecule has 49 heavy (non-hydrogen) atoms. The Balaban J connectivity index is 1.18. The summed E-state index contributed by atoms with van der Waals surface area (Å²) >= 11 is 0. The molecule has 2 saturated heterocycles. The summed E-state index contributed by atoms with van der Waals surface area (Å²) in [4.78, 5) is 36.8. The van der Waals surface area contributed by atoms with E-state index in [-0.39, 0.29) is 44.4 Å². The first kappa shape index (κ1) is 36.5. The van der Waals surface area contributed by atoms with Crippen molar-refractivity contribution < 1.29 is 47.5 Å². The molecule has 264 valence electrons. The minimum Gasteiger partial charge on any atom is -0.491 e. The van der Waals surface area contributed by atoms with Gasteiger partial charge in [-0.05, 0) is 99.9 Å². The zero-order valence-electron chi connectivity index (χ0n) is 27.9. The van der Waals surface area contributed by atoms with E-state index >= 15 is 0 Å². The molecule has 3 unspecified atom stereocenters. The Bertz CT molecular complexity index is 1400. The van der Waals surface area contributed by atoms with E-state index in [2.05, 4.69) is 5.73 Å². The van der Waals surface area contributed by atoms with Crippen LogP contribution < -0.4 is 15.2 Å². The van der Waals surface area contributed by atoms with Gasteiger partial charge >= 0.3 is 5.97 Å². The van der Waals surface area contributed by atoms with E-state index in [0.29, 0.717) is 37.4 Å². The maximum atomic E-state index is 13.3. The molecule has 3 aliphatic rings. The number of esters is 1. The highest BCUT2D eigenvalue weighted by Gasteiger charge is 2.45. The number of primary amides is 1. The van der Waals surface area contributed by atoms with Crippen molar-refractivity contribution in [2.45, 2.75) is 95.1 Å². The second-order valence-electron chi connectivity index (χ2n) is 12.4. The lowest BCUT2D eigenvalue weighted by Crippen LogP contribution is -2.40. The number of ether oxygens (including phenoxy) is 7. The Hall–Kier alpha value is -3.83. The second kappa shape index (κ2) is 19.4. The fourth-order valence-corrected chi connectivity index (χ4v) is 6.04. The third-order valence-corrected chi connectivity index (χ3v) is 8.65. The standard InChI is InChI=1S/C38H47NO10/c39-38(42)27-18-20-29(21-19-27)47-34(41)15-7-2-1-6-14-31-32(40)24-33(49-36-17-9-11-23-44-36)37(31)46-26-30(48-35-16-8-10-22-43-35)25-45-28-12-4-3-5-13-28/h2-6,12-13,18-21,30-31,33,35-37H,7-11,14-17,22-26H2,(H2,39,42)/t1?,30?,31-,33-,35?,36?,37-/m0/s1. The summed E-state index contributed by atoms with van der Waals surface area (Å²) < 4.78 is 42.2. The average molecular weight is 678 g/mol. The molecule has 0 aromatic heterocycles. The molecule has 3 fully saturated rings. The van der Waals surface area contributed by atoms with Gasteiger partial charge in [-0.1, -0.05) is 18.2 Å². The first-order chi connectivity index (χ1) is 23.9. The third kappa shape index (κ3) is 11.9. The van der Waals surface area contributed by atoms with E-state index in [1.54, 1.807) is 12.2 Å². The van der Waals surface area contributed by atoms with Gasteiger partial charge in [0.25, 0.3) is 0 Å². The Morgan fingerprint density at radius 2 is 1.63 bits per heavy atom. The number of nitrogens with two attached hydrogens (primary N) is 1. The Morgan fingerprint density at radius 1 is 0.898 bits per heavy atom. The Morgan fingerprint density at radius 3 is 2.33 bits per heavy atom. The van der Waals surface area contributed by atoms with Crippen molar-refractivity contribution in [3.63, 3.8) is 0 Å². The number of amides is 1. The minimum absolute atomic E-state index is 0.0587. The van der Waals surface area contributed by atoms with E-state index in [1.807, 2.05) is 30.3 Å². The van der Waals surface area contributed by atoms with E-state index < -0.39 is 36.1 Å². The zero-order valence-corrected chi connectivity index (χ0v) is 27.9. The maximum absolute atomic E-state index is 13.3. The molecule has 2 aromatic rings. The number of carbonyl (C=O) groups excluding carboxylic acids is 3. The summed E-state index contributed by atoms with van der Waals surface area (Å²) in [6.45, 7) is 1.74. The number of hydrogen-bond acceptors (Lipinski definition) is 10. The molecule has 11 heteroatoms. The number of allylic oxidation sites excluding steroid dienone is 1. The van der Waals surface area contributed by atoms with Gasteiger partial charge in [-0.25, -0.2) is 0 Å². The van der Waals surface area contributed by atoms with Crippen LogP contribution in [0, 0.1) is 5.92 Å². The van der Waals surface area contributed by atoms with E-state index in [0.717, 1.165) is 44.3 Å². The Labute approximate surface area is 287 Å². The van der Waals surface area contributed by atoms with Gasteiger partial charge in [0.2, 0.25) is 5.91 Å². The first-order valence-corrected chi connectivity index (χ1v) is 17.3. The normalized spacial score (nSPS) is 24.4. The molecule has 2 N–H and O–H groups in total. The lowest BCUT2D eigenvalue weighted by molar-refractivity contribution is -0.226. The monoisotopic (exact) mass is 677 g/mol. The molecule has 0 spiro atoms. The minimum atomic E-state index is -0.551. The van der Waals surface area contributed by atoms with Crippen molar-refractivity contribution in [3.05, 3.63) is 78.0 Å². The highest BCUT2D eigenvalue weighted by molar-refractivity contribution is 5.92. The quantitative estimate of drug-likeness (QED) is 0.131. The maximum Gasteiger partial charge on any atom is 0.311 e. The van der Waals surface area contributed by atoms with Crippen molar-refractivity contribution in [2.75, 3.05) is 26.4 Å². The first-order valence-electron chi connectivity index (χ1n) is 17.3. The molecule has 1 saturated carbocycles. The number of carbonyl (C=O) groups is 3. The van der Waals surface area contributed by atoms with Gasteiger partial charge in [0.1, 0.15) is 30.0 Å². The molecular weight excluding hydrogens is 630 g/mol. The molecule has 2 heterocycles.